The summed E-state index contributed by atoms with van der Waals surface area (Å²) in [7, 11) is -2.61. The van der Waals surface area contributed by atoms with Crippen LogP contribution in [0.4, 0.5) is 0 Å². The van der Waals surface area contributed by atoms with Crippen LogP contribution < -0.4 is 0 Å². The third-order valence-corrected chi connectivity index (χ3v) is 8.18. The van der Waals surface area contributed by atoms with Crippen LogP contribution in [0.3, 0.4) is 0 Å². The van der Waals surface area contributed by atoms with Gasteiger partial charge in [-0.25, -0.2) is 0 Å². The summed E-state index contributed by atoms with van der Waals surface area (Å²) >= 11 is 0. The Hall–Kier alpha value is -1.37. The van der Waals surface area contributed by atoms with E-state index in [0.29, 0.717) is 22.0 Å². The molecule has 3 N–H and O–H groups in total. The van der Waals surface area contributed by atoms with Gasteiger partial charge in [0.15, 0.2) is 0 Å². The fraction of sp³-hybridized carbons (Fsp3) is 0.667. The van der Waals surface area contributed by atoms with Gasteiger partial charge in [0, 0.05) is 0 Å². The second kappa shape index (κ2) is 6.26. The van der Waals surface area contributed by atoms with Crippen LogP contribution in [0.5, 0.6) is 0 Å². The third-order valence-electron chi connectivity index (χ3n) is 2.93. The maximum atomic E-state index is 8.94. The standard InChI is InChI=1S/C9H19N3O3Si/c1-5-6-16(7(2)10-13,8(3)11-14)9(4)12-15/h13-15H,5-6H2,1-4H3. The molecule has 6 nitrogen and oxygen atoms in total. The van der Waals surface area contributed by atoms with Gasteiger partial charge in [0.05, 0.1) is 16.0 Å². The predicted octanol–water partition coefficient (Wildman–Crippen LogP) is 2.01. The van der Waals surface area contributed by atoms with E-state index in [9.17, 15) is 0 Å². The van der Waals surface area contributed by atoms with Crippen LogP contribution in [0.25, 0.3) is 0 Å². The fourth-order valence-electron chi connectivity index (χ4n) is 1.96. The lowest BCUT2D eigenvalue weighted by atomic mass is 10.6. The molecule has 0 radical (unpaired) electrons. The van der Waals surface area contributed by atoms with E-state index in [0.717, 1.165) is 6.42 Å². The lowest BCUT2D eigenvalue weighted by Gasteiger charge is -2.28. The minimum absolute atomic E-state index is 0.472. The Balaban J connectivity index is 5.78. The molecule has 0 aliphatic heterocycles. The van der Waals surface area contributed by atoms with Crippen LogP contribution >= 0.6 is 0 Å². The van der Waals surface area contributed by atoms with Crippen LogP contribution in [-0.4, -0.2) is 39.7 Å². The highest BCUT2D eigenvalue weighted by atomic mass is 28.3. The van der Waals surface area contributed by atoms with Gasteiger partial charge in [0.1, 0.15) is 0 Å². The van der Waals surface area contributed by atoms with Crippen LogP contribution in [0.15, 0.2) is 15.5 Å². The van der Waals surface area contributed by atoms with Gasteiger partial charge in [-0.2, -0.15) is 0 Å². The Morgan fingerprint density at radius 1 is 0.875 bits per heavy atom. The molecule has 0 rings (SSSR count). The zero-order chi connectivity index (χ0) is 12.8. The van der Waals surface area contributed by atoms with E-state index in [1.54, 1.807) is 20.8 Å². The normalized spacial score (nSPS) is 18.4. The van der Waals surface area contributed by atoms with Gasteiger partial charge in [0.2, 0.25) is 8.07 Å². The van der Waals surface area contributed by atoms with E-state index in [1.807, 2.05) is 6.92 Å². The summed E-state index contributed by atoms with van der Waals surface area (Å²) in [4.78, 5) is 0. The number of nitrogens with zero attached hydrogens (tertiary/aromatic N) is 3. The molecule has 16 heavy (non-hydrogen) atoms. The molecule has 0 aromatic carbocycles. The van der Waals surface area contributed by atoms with E-state index in [1.165, 1.54) is 0 Å². The average Bonchev–Trinajstić information content (AvgIpc) is 2.32. The van der Waals surface area contributed by atoms with Gasteiger partial charge < -0.3 is 15.6 Å². The lowest BCUT2D eigenvalue weighted by Crippen LogP contribution is -2.57. The van der Waals surface area contributed by atoms with E-state index < -0.39 is 8.07 Å². The molecular formula is C9H19N3O3Si. The number of rotatable bonds is 5. The van der Waals surface area contributed by atoms with E-state index in [-0.39, 0.29) is 0 Å². The van der Waals surface area contributed by atoms with E-state index in [2.05, 4.69) is 15.5 Å². The first-order valence-corrected chi connectivity index (χ1v) is 7.29. The molecule has 0 saturated heterocycles. The van der Waals surface area contributed by atoms with Crippen LogP contribution in [0, 0.1) is 0 Å². The van der Waals surface area contributed by atoms with Gasteiger partial charge in [-0.3, -0.25) is 0 Å². The van der Waals surface area contributed by atoms with Gasteiger partial charge >= 0.3 is 0 Å². The van der Waals surface area contributed by atoms with Crippen molar-refractivity contribution in [3.63, 3.8) is 0 Å². The zero-order valence-corrected chi connectivity index (χ0v) is 11.1. The fourth-order valence-corrected chi connectivity index (χ4v) is 5.88. The Kier molecular flexibility index (Phi) is 5.72. The molecule has 0 amide bonds. The Morgan fingerprint density at radius 2 is 1.19 bits per heavy atom. The van der Waals surface area contributed by atoms with E-state index in [4.69, 9.17) is 15.6 Å². The minimum atomic E-state index is -2.61. The van der Waals surface area contributed by atoms with E-state index >= 15 is 0 Å². The van der Waals surface area contributed by atoms with Crippen molar-refractivity contribution in [2.75, 3.05) is 0 Å². The molecule has 0 aliphatic rings. The molecule has 0 aliphatic carbocycles. The van der Waals surface area contributed by atoms with Crippen molar-refractivity contribution in [2.24, 2.45) is 15.5 Å². The van der Waals surface area contributed by atoms with Gasteiger partial charge in [-0.15, -0.1) is 15.5 Å². The number of hydrogen-bond donors (Lipinski definition) is 3. The number of oxime groups is 3. The maximum absolute atomic E-state index is 8.94. The maximum Gasteiger partial charge on any atom is 0.211 e. The summed E-state index contributed by atoms with van der Waals surface area (Å²) in [6.45, 7) is 6.95. The van der Waals surface area contributed by atoms with Crippen molar-refractivity contribution in [1.29, 1.82) is 0 Å². The van der Waals surface area contributed by atoms with Crippen LogP contribution in [0.1, 0.15) is 34.1 Å². The molecule has 0 saturated carbocycles. The molecule has 0 bridgehead atoms. The van der Waals surface area contributed by atoms with Gasteiger partial charge in [0.25, 0.3) is 0 Å². The molecule has 0 atom stereocenters. The Morgan fingerprint density at radius 3 is 1.38 bits per heavy atom. The van der Waals surface area contributed by atoms with Crippen LogP contribution in [0.2, 0.25) is 6.04 Å². The summed E-state index contributed by atoms with van der Waals surface area (Å²) in [5.74, 6) is 0. The zero-order valence-electron chi connectivity index (χ0n) is 10.1. The highest BCUT2D eigenvalue weighted by Gasteiger charge is 2.44. The van der Waals surface area contributed by atoms with Crippen molar-refractivity contribution < 1.29 is 15.6 Å². The molecular weight excluding hydrogens is 226 g/mol. The topological polar surface area (TPSA) is 97.8 Å². The first-order valence-electron chi connectivity index (χ1n) is 5.08. The van der Waals surface area contributed by atoms with Gasteiger partial charge in [-0.05, 0) is 26.8 Å². The van der Waals surface area contributed by atoms with Crippen molar-refractivity contribution in [3.8, 4) is 0 Å². The average molecular weight is 245 g/mol. The smallest absolute Gasteiger partial charge is 0.211 e. The summed E-state index contributed by atoms with van der Waals surface area (Å²) in [5.41, 5.74) is 0. The number of hydrogen-bond acceptors (Lipinski definition) is 6. The second-order valence-corrected chi connectivity index (χ2v) is 8.19. The molecule has 0 aromatic rings. The molecule has 92 valence electrons. The van der Waals surface area contributed by atoms with Crippen LogP contribution in [-0.2, 0) is 0 Å². The first-order chi connectivity index (χ1) is 7.50. The van der Waals surface area contributed by atoms with Crippen molar-refractivity contribution in [2.45, 2.75) is 40.2 Å². The van der Waals surface area contributed by atoms with Crippen molar-refractivity contribution in [3.05, 3.63) is 0 Å². The third kappa shape index (κ3) is 2.41. The van der Waals surface area contributed by atoms with Crippen molar-refractivity contribution >= 4 is 24.1 Å². The predicted molar refractivity (Wildman–Crippen MR) is 65.5 cm³/mol. The lowest BCUT2D eigenvalue weighted by molar-refractivity contribution is 0.317. The monoisotopic (exact) mass is 245 g/mol. The molecule has 0 fully saturated rings. The quantitative estimate of drug-likeness (QED) is 0.299. The molecule has 7 heteroatoms. The highest BCUT2D eigenvalue weighted by molar-refractivity contribution is 7.41. The Bertz CT molecular complexity index is 280. The molecule has 0 spiro atoms. The Labute approximate surface area is 96.0 Å². The largest absolute Gasteiger partial charge is 0.411 e. The summed E-state index contributed by atoms with van der Waals surface area (Å²) in [5, 5.41) is 37.9. The highest BCUT2D eigenvalue weighted by Crippen LogP contribution is 2.19. The second-order valence-electron chi connectivity index (χ2n) is 3.71. The van der Waals surface area contributed by atoms with Crippen molar-refractivity contribution in [1.82, 2.24) is 0 Å². The molecule has 0 aromatic heterocycles. The van der Waals surface area contributed by atoms with Gasteiger partial charge in [-0.1, -0.05) is 13.3 Å². The summed E-state index contributed by atoms with van der Waals surface area (Å²) in [6.07, 6.45) is 0.818. The summed E-state index contributed by atoms with van der Waals surface area (Å²) in [6, 6.07) is 0.675. The summed E-state index contributed by atoms with van der Waals surface area (Å²) < 4.78 is 0. The molecule has 0 unspecified atom stereocenters. The SMILES string of the molecule is CCC[Si](C(C)=NO)(C(C)=NO)C(C)=NO. The first kappa shape index (κ1) is 14.6. The minimum Gasteiger partial charge on any atom is -0.411 e. The molecule has 0 heterocycles.